The zero-order valence-corrected chi connectivity index (χ0v) is 13.4. The summed E-state index contributed by atoms with van der Waals surface area (Å²) >= 11 is 0. The van der Waals surface area contributed by atoms with Crippen LogP contribution in [0, 0.1) is 6.92 Å². The number of carbonyl (C=O) groups excluding carboxylic acids is 2. The van der Waals surface area contributed by atoms with Gasteiger partial charge in [0.05, 0.1) is 0 Å². The van der Waals surface area contributed by atoms with E-state index in [1.165, 1.54) is 0 Å². The van der Waals surface area contributed by atoms with Crippen LogP contribution in [0.3, 0.4) is 0 Å². The smallest absolute Gasteiger partial charge is 0.272 e. The SMILES string of the molecule is CCCNc1cc(C(=O)N2CCN(C(C)=O)CC2)nc(C)n1. The molecule has 7 heteroatoms. The summed E-state index contributed by atoms with van der Waals surface area (Å²) in [4.78, 5) is 35.9. The summed E-state index contributed by atoms with van der Waals surface area (Å²) in [7, 11) is 0. The molecule has 1 fully saturated rings. The Bertz CT molecular complexity index is 553. The molecule has 0 aliphatic carbocycles. The number of rotatable bonds is 4. The third-order valence-corrected chi connectivity index (χ3v) is 3.63. The van der Waals surface area contributed by atoms with E-state index in [9.17, 15) is 9.59 Å². The molecule has 2 heterocycles. The number of amides is 2. The molecule has 2 rings (SSSR count). The van der Waals surface area contributed by atoms with Gasteiger partial charge < -0.3 is 15.1 Å². The quantitative estimate of drug-likeness (QED) is 0.894. The molecule has 0 bridgehead atoms. The van der Waals surface area contributed by atoms with E-state index in [0.717, 1.165) is 13.0 Å². The van der Waals surface area contributed by atoms with Crippen molar-refractivity contribution < 1.29 is 9.59 Å². The monoisotopic (exact) mass is 305 g/mol. The van der Waals surface area contributed by atoms with Crippen LogP contribution in [0.5, 0.6) is 0 Å². The van der Waals surface area contributed by atoms with Crippen molar-refractivity contribution in [3.63, 3.8) is 0 Å². The van der Waals surface area contributed by atoms with Gasteiger partial charge in [-0.25, -0.2) is 9.97 Å². The largest absolute Gasteiger partial charge is 0.370 e. The fraction of sp³-hybridized carbons (Fsp3) is 0.600. The summed E-state index contributed by atoms with van der Waals surface area (Å²) in [5.74, 6) is 1.20. The zero-order valence-electron chi connectivity index (χ0n) is 13.4. The van der Waals surface area contributed by atoms with Crippen LogP contribution in [-0.4, -0.2) is 64.3 Å². The van der Waals surface area contributed by atoms with Crippen molar-refractivity contribution in [1.82, 2.24) is 19.8 Å². The van der Waals surface area contributed by atoms with Crippen molar-refractivity contribution in [2.45, 2.75) is 27.2 Å². The maximum atomic E-state index is 12.6. The Hall–Kier alpha value is -2.18. The number of nitrogens with one attached hydrogen (secondary N) is 1. The van der Waals surface area contributed by atoms with Crippen molar-refractivity contribution in [3.05, 3.63) is 17.6 Å². The Balaban J connectivity index is 2.06. The minimum atomic E-state index is -0.103. The van der Waals surface area contributed by atoms with Gasteiger partial charge in [-0.3, -0.25) is 9.59 Å². The van der Waals surface area contributed by atoms with E-state index in [4.69, 9.17) is 0 Å². The minimum absolute atomic E-state index is 0.0519. The van der Waals surface area contributed by atoms with E-state index >= 15 is 0 Å². The molecule has 0 aromatic carbocycles. The topological polar surface area (TPSA) is 78.4 Å². The average Bonchev–Trinajstić information content (AvgIpc) is 2.51. The second-order valence-electron chi connectivity index (χ2n) is 5.41. The molecule has 1 aromatic rings. The van der Waals surface area contributed by atoms with Crippen LogP contribution in [-0.2, 0) is 4.79 Å². The Morgan fingerprint density at radius 1 is 1.18 bits per heavy atom. The molecular formula is C15H23N5O2. The highest BCUT2D eigenvalue weighted by atomic mass is 16.2. The Kier molecular flexibility index (Phi) is 5.30. The first-order chi connectivity index (χ1) is 10.5. The number of anilines is 1. The summed E-state index contributed by atoms with van der Waals surface area (Å²) in [5.41, 5.74) is 0.405. The lowest BCUT2D eigenvalue weighted by atomic mass is 10.2. The molecule has 0 unspecified atom stereocenters. The summed E-state index contributed by atoms with van der Waals surface area (Å²) in [6.07, 6.45) is 0.985. The molecule has 22 heavy (non-hydrogen) atoms. The summed E-state index contributed by atoms with van der Waals surface area (Å²) in [5, 5.41) is 3.18. The average molecular weight is 305 g/mol. The van der Waals surface area contributed by atoms with Crippen molar-refractivity contribution in [2.75, 3.05) is 38.0 Å². The Morgan fingerprint density at radius 2 is 1.82 bits per heavy atom. The van der Waals surface area contributed by atoms with Gasteiger partial charge in [-0.15, -0.1) is 0 Å². The summed E-state index contributed by atoms with van der Waals surface area (Å²) in [6, 6.07) is 1.70. The van der Waals surface area contributed by atoms with Crippen LogP contribution in [0.15, 0.2) is 6.07 Å². The van der Waals surface area contributed by atoms with Crippen molar-refractivity contribution >= 4 is 17.6 Å². The van der Waals surface area contributed by atoms with Gasteiger partial charge in [-0.05, 0) is 13.3 Å². The first kappa shape index (κ1) is 16.2. The molecule has 1 aliphatic rings. The van der Waals surface area contributed by atoms with E-state index in [1.807, 2.05) is 0 Å². The van der Waals surface area contributed by atoms with Crippen LogP contribution in [0.4, 0.5) is 5.82 Å². The van der Waals surface area contributed by atoms with Gasteiger partial charge in [0.2, 0.25) is 5.91 Å². The van der Waals surface area contributed by atoms with Crippen LogP contribution >= 0.6 is 0 Å². The van der Waals surface area contributed by atoms with Gasteiger partial charge in [0.25, 0.3) is 5.91 Å². The molecule has 7 nitrogen and oxygen atoms in total. The molecule has 0 radical (unpaired) electrons. The highest BCUT2D eigenvalue weighted by Gasteiger charge is 2.24. The molecule has 120 valence electrons. The molecule has 1 saturated heterocycles. The highest BCUT2D eigenvalue weighted by Crippen LogP contribution is 2.11. The molecule has 0 atom stereocenters. The van der Waals surface area contributed by atoms with Gasteiger partial charge in [0.15, 0.2) is 0 Å². The fourth-order valence-electron chi connectivity index (χ4n) is 2.41. The fourth-order valence-corrected chi connectivity index (χ4v) is 2.41. The number of aryl methyl sites for hydroxylation is 1. The number of nitrogens with zero attached hydrogens (tertiary/aromatic N) is 4. The number of aromatic nitrogens is 2. The number of carbonyl (C=O) groups is 2. The summed E-state index contributed by atoms with van der Waals surface area (Å²) in [6.45, 7) is 8.44. The maximum absolute atomic E-state index is 12.6. The first-order valence-electron chi connectivity index (χ1n) is 7.65. The maximum Gasteiger partial charge on any atom is 0.272 e. The van der Waals surface area contributed by atoms with Crippen molar-refractivity contribution in [3.8, 4) is 0 Å². The van der Waals surface area contributed by atoms with Gasteiger partial charge in [-0.1, -0.05) is 6.92 Å². The molecule has 1 aromatic heterocycles. The second kappa shape index (κ2) is 7.20. The molecular weight excluding hydrogens is 282 g/mol. The third kappa shape index (κ3) is 3.93. The van der Waals surface area contributed by atoms with E-state index < -0.39 is 0 Å². The zero-order chi connectivity index (χ0) is 16.1. The first-order valence-corrected chi connectivity index (χ1v) is 7.65. The Morgan fingerprint density at radius 3 is 2.41 bits per heavy atom. The van der Waals surface area contributed by atoms with Gasteiger partial charge in [0, 0.05) is 45.7 Å². The van der Waals surface area contributed by atoms with Crippen LogP contribution < -0.4 is 5.32 Å². The van der Waals surface area contributed by atoms with Crippen LogP contribution in [0.25, 0.3) is 0 Å². The van der Waals surface area contributed by atoms with E-state index in [1.54, 1.807) is 29.7 Å². The lowest BCUT2D eigenvalue weighted by Gasteiger charge is -2.34. The molecule has 0 spiro atoms. The normalized spacial score (nSPS) is 14.9. The molecule has 2 amide bonds. The van der Waals surface area contributed by atoms with Crippen LogP contribution in [0.1, 0.15) is 36.6 Å². The number of piperazine rings is 1. The van der Waals surface area contributed by atoms with E-state index in [2.05, 4.69) is 22.2 Å². The molecule has 0 saturated carbocycles. The minimum Gasteiger partial charge on any atom is -0.370 e. The third-order valence-electron chi connectivity index (χ3n) is 3.63. The van der Waals surface area contributed by atoms with Gasteiger partial charge >= 0.3 is 0 Å². The van der Waals surface area contributed by atoms with Crippen LogP contribution in [0.2, 0.25) is 0 Å². The number of hydrogen-bond donors (Lipinski definition) is 1. The van der Waals surface area contributed by atoms with Crippen molar-refractivity contribution in [2.24, 2.45) is 0 Å². The Labute approximate surface area is 130 Å². The predicted molar refractivity (Wildman–Crippen MR) is 83.7 cm³/mol. The van der Waals surface area contributed by atoms with Gasteiger partial charge in [-0.2, -0.15) is 0 Å². The lowest BCUT2D eigenvalue weighted by Crippen LogP contribution is -2.50. The summed E-state index contributed by atoms with van der Waals surface area (Å²) < 4.78 is 0. The van der Waals surface area contributed by atoms with E-state index in [-0.39, 0.29) is 11.8 Å². The van der Waals surface area contributed by atoms with Crippen molar-refractivity contribution in [1.29, 1.82) is 0 Å². The molecule has 1 aliphatic heterocycles. The second-order valence-corrected chi connectivity index (χ2v) is 5.41. The molecule has 1 N–H and O–H groups in total. The lowest BCUT2D eigenvalue weighted by molar-refractivity contribution is -0.130. The van der Waals surface area contributed by atoms with Gasteiger partial charge in [0.1, 0.15) is 17.3 Å². The standard InChI is InChI=1S/C15H23N5O2/c1-4-5-16-14-10-13(17-11(2)18-14)15(22)20-8-6-19(7-9-20)12(3)21/h10H,4-9H2,1-3H3,(H,16,17,18). The predicted octanol–water partition coefficient (Wildman–Crippen LogP) is 0.911. The van der Waals surface area contributed by atoms with E-state index in [0.29, 0.717) is 43.5 Å². The highest BCUT2D eigenvalue weighted by molar-refractivity contribution is 5.93. The number of hydrogen-bond acceptors (Lipinski definition) is 5.